The van der Waals surface area contributed by atoms with Gasteiger partial charge in [0, 0.05) is 44.1 Å². The molecule has 0 spiro atoms. The summed E-state index contributed by atoms with van der Waals surface area (Å²) in [6.07, 6.45) is 2.79. The maximum absolute atomic E-state index is 5.57. The van der Waals surface area contributed by atoms with E-state index in [-0.39, 0.29) is 24.0 Å². The van der Waals surface area contributed by atoms with Crippen molar-refractivity contribution in [3.63, 3.8) is 0 Å². The van der Waals surface area contributed by atoms with Crippen LogP contribution in [0.15, 0.2) is 11.2 Å². The highest BCUT2D eigenvalue weighted by molar-refractivity contribution is 14.0. The van der Waals surface area contributed by atoms with Gasteiger partial charge in [-0.05, 0) is 26.2 Å². The molecule has 0 atom stereocenters. The lowest BCUT2D eigenvalue weighted by Gasteiger charge is -2.15. The Labute approximate surface area is 169 Å². The first-order chi connectivity index (χ1) is 11.5. The van der Waals surface area contributed by atoms with E-state index < -0.39 is 0 Å². The summed E-state index contributed by atoms with van der Waals surface area (Å²) in [5, 5.41) is 6.57. The molecule has 0 saturated heterocycles. The number of nitrogens with zero attached hydrogens (tertiary/aromatic N) is 2. The summed E-state index contributed by atoms with van der Waals surface area (Å²) in [5.41, 5.74) is 3.06. The van der Waals surface area contributed by atoms with E-state index in [0.717, 1.165) is 54.7 Å². The minimum atomic E-state index is 0. The molecule has 1 heterocycles. The SMILES string of the molecule is CN=C(NCCCOCC(C)C)NCc1ncc(C)c(OC)c1C.I. The molecular weight excluding hydrogens is 431 g/mol. The molecule has 0 fully saturated rings. The van der Waals surface area contributed by atoms with Crippen LogP contribution >= 0.6 is 24.0 Å². The number of guanidine groups is 1. The van der Waals surface area contributed by atoms with Gasteiger partial charge in [-0.1, -0.05) is 13.8 Å². The van der Waals surface area contributed by atoms with Gasteiger partial charge in [0.15, 0.2) is 5.96 Å². The van der Waals surface area contributed by atoms with Gasteiger partial charge in [-0.15, -0.1) is 24.0 Å². The monoisotopic (exact) mass is 464 g/mol. The Morgan fingerprint density at radius 1 is 1.28 bits per heavy atom. The van der Waals surface area contributed by atoms with E-state index in [1.54, 1.807) is 14.2 Å². The average Bonchev–Trinajstić information content (AvgIpc) is 2.55. The first-order valence-electron chi connectivity index (χ1n) is 8.50. The zero-order valence-electron chi connectivity index (χ0n) is 16.3. The van der Waals surface area contributed by atoms with E-state index >= 15 is 0 Å². The molecule has 0 radical (unpaired) electrons. The Morgan fingerprint density at radius 2 is 2.00 bits per heavy atom. The largest absolute Gasteiger partial charge is 0.496 e. The number of aliphatic imine (C=N–C) groups is 1. The summed E-state index contributed by atoms with van der Waals surface area (Å²) < 4.78 is 11.0. The highest BCUT2D eigenvalue weighted by atomic mass is 127. The Kier molecular flexibility index (Phi) is 12.6. The van der Waals surface area contributed by atoms with Crippen molar-refractivity contribution in [1.82, 2.24) is 15.6 Å². The fraction of sp³-hybridized carbons (Fsp3) is 0.667. The molecule has 0 saturated carbocycles. The molecule has 2 N–H and O–H groups in total. The van der Waals surface area contributed by atoms with Crippen LogP contribution in [0.3, 0.4) is 0 Å². The van der Waals surface area contributed by atoms with E-state index in [4.69, 9.17) is 9.47 Å². The van der Waals surface area contributed by atoms with Crippen molar-refractivity contribution in [2.75, 3.05) is 33.9 Å². The zero-order chi connectivity index (χ0) is 17.9. The number of hydrogen-bond acceptors (Lipinski definition) is 4. The number of nitrogens with one attached hydrogen (secondary N) is 2. The molecule has 0 unspecified atom stereocenters. The van der Waals surface area contributed by atoms with Crippen LogP contribution in [0.4, 0.5) is 0 Å². The van der Waals surface area contributed by atoms with Crippen LogP contribution in [0, 0.1) is 19.8 Å². The third kappa shape index (κ3) is 8.71. The predicted molar refractivity (Wildman–Crippen MR) is 114 cm³/mol. The zero-order valence-corrected chi connectivity index (χ0v) is 18.6. The van der Waals surface area contributed by atoms with E-state index in [1.165, 1.54) is 0 Å². The third-order valence-corrected chi connectivity index (χ3v) is 3.61. The van der Waals surface area contributed by atoms with Crippen molar-refractivity contribution < 1.29 is 9.47 Å². The van der Waals surface area contributed by atoms with Crippen LogP contribution in [0.5, 0.6) is 5.75 Å². The number of aromatic nitrogens is 1. The maximum Gasteiger partial charge on any atom is 0.191 e. The van der Waals surface area contributed by atoms with Crippen LogP contribution in [0.2, 0.25) is 0 Å². The van der Waals surface area contributed by atoms with Crippen LogP contribution < -0.4 is 15.4 Å². The lowest BCUT2D eigenvalue weighted by Crippen LogP contribution is -2.38. The molecule has 1 rings (SSSR count). The number of hydrogen-bond donors (Lipinski definition) is 2. The van der Waals surface area contributed by atoms with Gasteiger partial charge in [-0.25, -0.2) is 0 Å². The van der Waals surface area contributed by atoms with Crippen molar-refractivity contribution in [2.45, 2.75) is 40.7 Å². The second-order valence-electron chi connectivity index (χ2n) is 6.22. The van der Waals surface area contributed by atoms with Crippen LogP contribution in [0.25, 0.3) is 0 Å². The normalized spacial score (nSPS) is 11.2. The second-order valence-corrected chi connectivity index (χ2v) is 6.22. The number of ether oxygens (including phenoxy) is 2. The standard InChI is InChI=1S/C18H32N4O2.HI/c1-13(2)12-24-9-7-8-20-18(19-5)22-11-16-15(4)17(23-6)14(3)10-21-16;/h10,13H,7-9,11-12H2,1-6H3,(H2,19,20,22);1H. The molecule has 0 amide bonds. The van der Waals surface area contributed by atoms with E-state index in [1.807, 2.05) is 20.0 Å². The molecule has 0 bridgehead atoms. The quantitative estimate of drug-likeness (QED) is 0.255. The van der Waals surface area contributed by atoms with Crippen LogP contribution in [-0.4, -0.2) is 44.9 Å². The molecule has 0 aromatic carbocycles. The highest BCUT2D eigenvalue weighted by Gasteiger charge is 2.09. The third-order valence-electron chi connectivity index (χ3n) is 3.61. The Balaban J connectivity index is 0.00000576. The van der Waals surface area contributed by atoms with Crippen LogP contribution in [-0.2, 0) is 11.3 Å². The van der Waals surface area contributed by atoms with Crippen molar-refractivity contribution in [2.24, 2.45) is 10.9 Å². The van der Waals surface area contributed by atoms with Crippen molar-refractivity contribution in [3.05, 3.63) is 23.0 Å². The van der Waals surface area contributed by atoms with Crippen molar-refractivity contribution >= 4 is 29.9 Å². The van der Waals surface area contributed by atoms with Gasteiger partial charge >= 0.3 is 0 Å². The lowest BCUT2D eigenvalue weighted by molar-refractivity contribution is 0.108. The number of halogens is 1. The second kappa shape index (κ2) is 13.2. The number of methoxy groups -OCH3 is 1. The van der Waals surface area contributed by atoms with E-state index in [2.05, 4.69) is 34.5 Å². The predicted octanol–water partition coefficient (Wildman–Crippen LogP) is 3.05. The van der Waals surface area contributed by atoms with Gasteiger partial charge in [0.2, 0.25) is 0 Å². The summed E-state index contributed by atoms with van der Waals surface area (Å²) in [6, 6.07) is 0. The summed E-state index contributed by atoms with van der Waals surface area (Å²) in [4.78, 5) is 8.72. The smallest absolute Gasteiger partial charge is 0.191 e. The molecule has 6 nitrogen and oxygen atoms in total. The minimum Gasteiger partial charge on any atom is -0.496 e. The Bertz CT molecular complexity index is 536. The fourth-order valence-electron chi connectivity index (χ4n) is 2.34. The molecule has 7 heteroatoms. The summed E-state index contributed by atoms with van der Waals surface area (Å²) in [7, 11) is 3.45. The molecule has 0 aliphatic carbocycles. The number of aryl methyl sites for hydroxylation is 1. The van der Waals surface area contributed by atoms with Crippen molar-refractivity contribution in [1.29, 1.82) is 0 Å². The topological polar surface area (TPSA) is 67.8 Å². The highest BCUT2D eigenvalue weighted by Crippen LogP contribution is 2.23. The Hall–Kier alpha value is -1.09. The van der Waals surface area contributed by atoms with E-state index in [0.29, 0.717) is 12.5 Å². The molecular formula is C18H33IN4O2. The maximum atomic E-state index is 5.57. The van der Waals surface area contributed by atoms with Gasteiger partial charge in [0.1, 0.15) is 5.75 Å². The molecule has 0 aliphatic rings. The van der Waals surface area contributed by atoms with Crippen molar-refractivity contribution in [3.8, 4) is 5.75 Å². The lowest BCUT2D eigenvalue weighted by atomic mass is 10.1. The van der Waals surface area contributed by atoms with Gasteiger partial charge < -0.3 is 20.1 Å². The molecule has 1 aromatic heterocycles. The molecule has 144 valence electrons. The summed E-state index contributed by atoms with van der Waals surface area (Å²) >= 11 is 0. The Morgan fingerprint density at radius 3 is 2.60 bits per heavy atom. The first kappa shape index (κ1) is 23.9. The van der Waals surface area contributed by atoms with Gasteiger partial charge in [0.05, 0.1) is 19.3 Å². The minimum absolute atomic E-state index is 0. The molecule has 1 aromatic rings. The molecule has 0 aliphatic heterocycles. The number of rotatable bonds is 9. The van der Waals surface area contributed by atoms with Gasteiger partial charge in [0.25, 0.3) is 0 Å². The first-order valence-corrected chi connectivity index (χ1v) is 8.50. The summed E-state index contributed by atoms with van der Waals surface area (Å²) in [6.45, 7) is 11.3. The molecule has 25 heavy (non-hydrogen) atoms. The van der Waals surface area contributed by atoms with Gasteiger partial charge in [-0.3, -0.25) is 9.98 Å². The summed E-state index contributed by atoms with van der Waals surface area (Å²) in [5.74, 6) is 2.24. The fourth-order valence-corrected chi connectivity index (χ4v) is 2.34. The average molecular weight is 464 g/mol. The number of pyridine rings is 1. The van der Waals surface area contributed by atoms with Gasteiger partial charge in [-0.2, -0.15) is 0 Å². The van der Waals surface area contributed by atoms with E-state index in [9.17, 15) is 0 Å². The van der Waals surface area contributed by atoms with Crippen LogP contribution in [0.1, 0.15) is 37.1 Å².